The predicted molar refractivity (Wildman–Crippen MR) is 128 cm³/mol. The van der Waals surface area contributed by atoms with E-state index in [1.807, 2.05) is 0 Å². The van der Waals surface area contributed by atoms with Crippen LogP contribution in [0.4, 0.5) is 0 Å². The minimum absolute atomic E-state index is 0.176. The van der Waals surface area contributed by atoms with Crippen LogP contribution in [0.15, 0.2) is 20.5 Å². The van der Waals surface area contributed by atoms with Crippen molar-refractivity contribution in [3.05, 3.63) is 41.8 Å². The van der Waals surface area contributed by atoms with Crippen LogP contribution in [-0.2, 0) is 18.9 Å². The van der Waals surface area contributed by atoms with Crippen LogP contribution in [0.1, 0.15) is 6.42 Å². The van der Waals surface area contributed by atoms with Crippen LogP contribution in [0.3, 0.4) is 0 Å². The van der Waals surface area contributed by atoms with Crippen LogP contribution in [-0.4, -0.2) is 141 Å². The van der Waals surface area contributed by atoms with E-state index in [4.69, 9.17) is 41.1 Å². The molecule has 0 aromatic carbocycles. The summed E-state index contributed by atoms with van der Waals surface area (Å²) in [6.45, 7) is -0.940. The number of aliphatic hydroxyl groups is 7. The maximum Gasteiger partial charge on any atom is 0.187 e. The highest BCUT2D eigenvalue weighted by Crippen LogP contribution is 2.35. The molecule has 0 radical (unpaired) electrons. The second kappa shape index (κ2) is 14.6. The number of azide groups is 4. The van der Waals surface area contributed by atoms with Gasteiger partial charge in [-0.25, -0.2) is 0 Å². The highest BCUT2D eigenvalue weighted by atomic mass is 16.7. The van der Waals surface area contributed by atoms with Crippen molar-refractivity contribution in [3.63, 3.8) is 0 Å². The summed E-state index contributed by atoms with van der Waals surface area (Å²) in [7, 11) is 0. The maximum absolute atomic E-state index is 11.0. The van der Waals surface area contributed by atoms with Crippen molar-refractivity contribution in [1.29, 1.82) is 0 Å². The molecule has 0 aromatic rings. The Kier molecular flexibility index (Phi) is 11.5. The van der Waals surface area contributed by atoms with Crippen LogP contribution in [0.5, 0.6) is 0 Å². The Morgan fingerprint density at radius 1 is 0.585 bits per heavy atom. The first kappa shape index (κ1) is 32.3. The van der Waals surface area contributed by atoms with Crippen molar-refractivity contribution in [1.82, 2.24) is 0 Å². The van der Waals surface area contributed by atoms with E-state index in [9.17, 15) is 35.7 Å². The number of hydrogen-bond acceptors (Lipinski definition) is 15. The zero-order chi connectivity index (χ0) is 30.3. The lowest BCUT2D eigenvalue weighted by atomic mass is 9.82. The van der Waals surface area contributed by atoms with Gasteiger partial charge >= 0.3 is 0 Å². The third kappa shape index (κ3) is 6.83. The van der Waals surface area contributed by atoms with E-state index in [2.05, 4.69) is 40.1 Å². The number of aliphatic hydroxyl groups excluding tert-OH is 7. The van der Waals surface area contributed by atoms with E-state index in [1.165, 1.54) is 0 Å². The minimum atomic E-state index is -1.87. The molecule has 15 atom stereocenters. The Morgan fingerprint density at radius 3 is 1.66 bits per heavy atom. The lowest BCUT2D eigenvalue weighted by Gasteiger charge is -2.43. The van der Waals surface area contributed by atoms with Gasteiger partial charge in [-0.05, 0) is 28.5 Å². The first-order valence-electron chi connectivity index (χ1n) is 12.1. The van der Waals surface area contributed by atoms with E-state index >= 15 is 0 Å². The van der Waals surface area contributed by atoms with Gasteiger partial charge < -0.3 is 54.7 Å². The molecule has 3 fully saturated rings. The number of nitrogens with zero attached hydrogens (tertiary/aromatic N) is 12. The Balaban J connectivity index is 1.86. The lowest BCUT2D eigenvalue weighted by molar-refractivity contribution is -0.280. The fourth-order valence-electron chi connectivity index (χ4n) is 4.88. The van der Waals surface area contributed by atoms with Crippen molar-refractivity contribution in [2.75, 3.05) is 13.2 Å². The topological polar surface area (TPSA) is 374 Å². The summed E-state index contributed by atoms with van der Waals surface area (Å²) in [6.07, 6.45) is -19.9. The largest absolute Gasteiger partial charge is 0.396 e. The highest BCUT2D eigenvalue weighted by molar-refractivity contribution is 5.07. The summed E-state index contributed by atoms with van der Waals surface area (Å²) < 4.78 is 22.6. The molecule has 2 heterocycles. The molecule has 23 nitrogen and oxygen atoms in total. The van der Waals surface area contributed by atoms with Gasteiger partial charge in [0.05, 0.1) is 55.3 Å². The van der Waals surface area contributed by atoms with Gasteiger partial charge in [-0.1, -0.05) is 20.5 Å². The molecule has 0 amide bonds. The highest BCUT2D eigenvalue weighted by Gasteiger charge is 2.55. The number of hydrogen-bond donors (Lipinski definition) is 7. The van der Waals surface area contributed by atoms with E-state index in [0.717, 1.165) is 0 Å². The fraction of sp³-hybridized carbons (Fsp3) is 1.00. The molecule has 2 aliphatic heterocycles. The molecule has 2 saturated heterocycles. The monoisotopic (exact) mass is 588 g/mol. The van der Waals surface area contributed by atoms with Gasteiger partial charge in [0.1, 0.15) is 30.5 Å². The number of ether oxygens (including phenoxy) is 4. The average molecular weight is 588 g/mol. The third-order valence-corrected chi connectivity index (χ3v) is 6.91. The van der Waals surface area contributed by atoms with Gasteiger partial charge in [-0.2, -0.15) is 0 Å². The molecule has 23 heteroatoms. The van der Waals surface area contributed by atoms with Gasteiger partial charge in [-0.15, -0.1) is 0 Å². The van der Waals surface area contributed by atoms with Crippen LogP contribution < -0.4 is 0 Å². The summed E-state index contributed by atoms with van der Waals surface area (Å²) in [4.78, 5) is 10.2. The van der Waals surface area contributed by atoms with Gasteiger partial charge in [0, 0.05) is 26.3 Å². The molecular weight excluding hydrogens is 560 g/mol. The SMILES string of the molecule is [N-]=[N+]=NC[C@@H]1O[C@H](O[C@H]2[C@@H](O)[C@H](OC3[C@H](O)C(N=[N+]=[N-])C(O)C(N=[N+]=[N-])[C@@H]3O)O[C@@H]2CCO)C(N=[N+]=[N-])[C@@H](O)[C@@H]1O. The summed E-state index contributed by atoms with van der Waals surface area (Å²) >= 11 is 0. The Bertz CT molecular complexity index is 1060. The lowest BCUT2D eigenvalue weighted by Crippen LogP contribution is -2.64. The summed E-state index contributed by atoms with van der Waals surface area (Å²) in [5.74, 6) is 0. The van der Waals surface area contributed by atoms with Crippen molar-refractivity contribution < 1.29 is 54.7 Å². The van der Waals surface area contributed by atoms with Gasteiger partial charge in [0.15, 0.2) is 12.6 Å². The Labute approximate surface area is 228 Å². The Hall–Kier alpha value is -3.20. The first-order valence-corrected chi connectivity index (χ1v) is 12.1. The molecule has 0 spiro atoms. The standard InChI is InChI=1S/C18H28N12O11/c19-27-23-3-5-9(32)11(34)8(26-30-22)17(39-5)40-15-4(1-2-31)38-18(14(15)37)41-16-12(35)6(24-28-20)10(33)7(13(16)36)25-29-21/h4-18,31-37H,1-3H2/t4-,5+,6?,7?,8?,9-,10?,11-,12-,13+,14-,15-,16?,17-,18+/m1/s1. The van der Waals surface area contributed by atoms with Crippen LogP contribution in [0, 0.1) is 0 Å². The molecule has 3 aliphatic rings. The zero-order valence-electron chi connectivity index (χ0n) is 20.9. The molecule has 0 bridgehead atoms. The van der Waals surface area contributed by atoms with E-state index in [1.54, 1.807) is 0 Å². The second-order valence-corrected chi connectivity index (χ2v) is 9.24. The van der Waals surface area contributed by atoms with E-state index < -0.39 is 105 Å². The van der Waals surface area contributed by atoms with E-state index in [0.29, 0.717) is 0 Å². The molecule has 3 rings (SSSR count). The molecule has 5 unspecified atom stereocenters. The maximum atomic E-state index is 11.0. The molecule has 41 heavy (non-hydrogen) atoms. The van der Waals surface area contributed by atoms with Crippen molar-refractivity contribution >= 4 is 0 Å². The number of rotatable bonds is 11. The molecule has 226 valence electrons. The second-order valence-electron chi connectivity index (χ2n) is 9.24. The van der Waals surface area contributed by atoms with Crippen LogP contribution >= 0.6 is 0 Å². The van der Waals surface area contributed by atoms with Crippen molar-refractivity contribution in [2.45, 2.75) is 98.2 Å². The van der Waals surface area contributed by atoms with Crippen LogP contribution in [0.2, 0.25) is 0 Å². The minimum Gasteiger partial charge on any atom is -0.396 e. The van der Waals surface area contributed by atoms with Gasteiger partial charge in [0.25, 0.3) is 0 Å². The smallest absolute Gasteiger partial charge is 0.187 e. The molecule has 1 aliphatic carbocycles. The van der Waals surface area contributed by atoms with Crippen molar-refractivity contribution in [2.24, 2.45) is 20.5 Å². The van der Waals surface area contributed by atoms with Crippen molar-refractivity contribution in [3.8, 4) is 0 Å². The molecule has 7 N–H and O–H groups in total. The molecule has 1 saturated carbocycles. The predicted octanol–water partition coefficient (Wildman–Crippen LogP) is -1.89. The van der Waals surface area contributed by atoms with Gasteiger partial charge in [0.2, 0.25) is 0 Å². The quantitative estimate of drug-likeness (QED) is 0.0794. The van der Waals surface area contributed by atoms with Crippen LogP contribution in [0.25, 0.3) is 41.8 Å². The zero-order valence-corrected chi connectivity index (χ0v) is 20.9. The first-order chi connectivity index (χ1) is 19.6. The fourth-order valence-corrected chi connectivity index (χ4v) is 4.88. The summed E-state index contributed by atoms with van der Waals surface area (Å²) in [6, 6.07) is -4.83. The molecule has 0 aromatic heterocycles. The van der Waals surface area contributed by atoms with Gasteiger partial charge in [-0.3, -0.25) is 0 Å². The van der Waals surface area contributed by atoms with E-state index in [-0.39, 0.29) is 6.42 Å². The third-order valence-electron chi connectivity index (χ3n) is 6.91. The summed E-state index contributed by atoms with van der Waals surface area (Å²) in [5.41, 5.74) is 35.2. The average Bonchev–Trinajstić information content (AvgIpc) is 3.23. The Morgan fingerprint density at radius 2 is 1.12 bits per heavy atom. The molecular formula is C18H28N12O11. The normalized spacial score (nSPS) is 44.0. The summed E-state index contributed by atoms with van der Waals surface area (Å²) in [5, 5.41) is 86.2.